The van der Waals surface area contributed by atoms with Crippen LogP contribution in [-0.2, 0) is 6.42 Å². The maximum absolute atomic E-state index is 12.8. The Morgan fingerprint density at radius 1 is 0.968 bits per heavy atom. The summed E-state index contributed by atoms with van der Waals surface area (Å²) in [6.07, 6.45) is 0.547. The summed E-state index contributed by atoms with van der Waals surface area (Å²) in [4.78, 5) is 18.4. The highest BCUT2D eigenvalue weighted by Gasteiger charge is 2.19. The van der Waals surface area contributed by atoms with E-state index >= 15 is 0 Å². The molecule has 2 heterocycles. The van der Waals surface area contributed by atoms with E-state index in [0.29, 0.717) is 34.5 Å². The molecule has 31 heavy (non-hydrogen) atoms. The standard InChI is InChI=1S/C25H17ClN2O2S/c26-19-12-10-17(11-13-19)23(29)28-24-20(14-16-6-2-1-3-7-16)27-25(30-24)22-15-18-8-4-5-9-21(18)31-22/h1-13,15H,14H2,(H,28,29). The Labute approximate surface area is 188 Å². The third-order valence-electron chi connectivity index (χ3n) is 4.88. The number of hydrogen-bond donors (Lipinski definition) is 1. The van der Waals surface area contributed by atoms with Gasteiger partial charge in [0.1, 0.15) is 5.69 Å². The minimum atomic E-state index is -0.273. The van der Waals surface area contributed by atoms with E-state index in [9.17, 15) is 4.79 Å². The second-order valence-corrected chi connectivity index (χ2v) is 8.59. The van der Waals surface area contributed by atoms with Gasteiger partial charge in [0.25, 0.3) is 5.91 Å². The number of nitrogens with zero attached hydrogens (tertiary/aromatic N) is 1. The van der Waals surface area contributed by atoms with Crippen molar-refractivity contribution < 1.29 is 9.21 Å². The second-order valence-electron chi connectivity index (χ2n) is 7.07. The minimum Gasteiger partial charge on any atom is -0.419 e. The van der Waals surface area contributed by atoms with Crippen LogP contribution in [0.25, 0.3) is 20.9 Å². The van der Waals surface area contributed by atoms with E-state index in [4.69, 9.17) is 21.0 Å². The first-order valence-corrected chi connectivity index (χ1v) is 10.9. The summed E-state index contributed by atoms with van der Waals surface area (Å²) >= 11 is 7.55. The molecule has 6 heteroatoms. The number of hydrogen-bond acceptors (Lipinski definition) is 4. The summed E-state index contributed by atoms with van der Waals surface area (Å²) < 4.78 is 7.22. The molecular weight excluding hydrogens is 428 g/mol. The van der Waals surface area contributed by atoms with Crippen LogP contribution in [0.15, 0.2) is 89.3 Å². The molecule has 0 unspecified atom stereocenters. The summed E-state index contributed by atoms with van der Waals surface area (Å²) in [6, 6.07) is 26.9. The van der Waals surface area contributed by atoms with Crippen molar-refractivity contribution in [1.82, 2.24) is 4.98 Å². The smallest absolute Gasteiger partial charge is 0.258 e. The lowest BCUT2D eigenvalue weighted by Gasteiger charge is -2.04. The number of amides is 1. The van der Waals surface area contributed by atoms with Crippen molar-refractivity contribution in [2.75, 3.05) is 5.32 Å². The molecule has 0 spiro atoms. The third-order valence-corrected chi connectivity index (χ3v) is 6.24. The van der Waals surface area contributed by atoms with Crippen LogP contribution in [0.1, 0.15) is 21.6 Å². The highest BCUT2D eigenvalue weighted by molar-refractivity contribution is 7.22. The van der Waals surface area contributed by atoms with E-state index in [1.165, 1.54) is 0 Å². The van der Waals surface area contributed by atoms with Crippen molar-refractivity contribution in [2.24, 2.45) is 0 Å². The molecular formula is C25H17ClN2O2S. The topological polar surface area (TPSA) is 55.1 Å². The average molecular weight is 445 g/mol. The number of rotatable bonds is 5. The van der Waals surface area contributed by atoms with E-state index in [1.54, 1.807) is 35.6 Å². The number of carbonyl (C=O) groups excluding carboxylic acids is 1. The van der Waals surface area contributed by atoms with Gasteiger partial charge in [0.05, 0.1) is 4.88 Å². The van der Waals surface area contributed by atoms with Gasteiger partial charge in [0.15, 0.2) is 0 Å². The van der Waals surface area contributed by atoms with Crippen molar-refractivity contribution in [3.8, 4) is 10.8 Å². The molecule has 0 saturated carbocycles. The lowest BCUT2D eigenvalue weighted by Crippen LogP contribution is -2.12. The van der Waals surface area contributed by atoms with Crippen molar-refractivity contribution in [2.45, 2.75) is 6.42 Å². The average Bonchev–Trinajstić information content (AvgIpc) is 3.39. The summed E-state index contributed by atoms with van der Waals surface area (Å²) in [5, 5.41) is 4.60. The van der Waals surface area contributed by atoms with Gasteiger partial charge >= 0.3 is 0 Å². The van der Waals surface area contributed by atoms with Crippen LogP contribution in [0.3, 0.4) is 0 Å². The van der Waals surface area contributed by atoms with Crippen molar-refractivity contribution >= 4 is 44.8 Å². The largest absolute Gasteiger partial charge is 0.419 e. The molecule has 3 aromatic carbocycles. The van der Waals surface area contributed by atoms with Gasteiger partial charge in [-0.3, -0.25) is 10.1 Å². The molecule has 4 nitrogen and oxygen atoms in total. The van der Waals surface area contributed by atoms with Gasteiger partial charge in [0, 0.05) is 21.7 Å². The number of benzene rings is 3. The van der Waals surface area contributed by atoms with Gasteiger partial charge in [-0.1, -0.05) is 60.1 Å². The van der Waals surface area contributed by atoms with Crippen LogP contribution in [0.5, 0.6) is 0 Å². The van der Waals surface area contributed by atoms with Gasteiger partial charge in [-0.15, -0.1) is 11.3 Å². The summed E-state index contributed by atoms with van der Waals surface area (Å²) in [5.74, 6) is 0.583. The molecule has 0 fully saturated rings. The molecule has 1 amide bonds. The first-order valence-electron chi connectivity index (χ1n) is 9.75. The monoisotopic (exact) mass is 444 g/mol. The van der Waals surface area contributed by atoms with E-state index in [2.05, 4.69) is 23.5 Å². The Morgan fingerprint density at radius 3 is 2.48 bits per heavy atom. The van der Waals surface area contributed by atoms with Crippen LogP contribution in [-0.4, -0.2) is 10.9 Å². The molecule has 1 N–H and O–H groups in total. The fraction of sp³-hybridized carbons (Fsp3) is 0.0400. The maximum atomic E-state index is 12.8. The molecule has 0 radical (unpaired) electrons. The second kappa shape index (κ2) is 8.38. The molecule has 2 aromatic heterocycles. The predicted molar refractivity (Wildman–Crippen MR) is 126 cm³/mol. The van der Waals surface area contributed by atoms with Crippen molar-refractivity contribution in [3.05, 3.63) is 107 Å². The Hall–Kier alpha value is -3.41. The Balaban J connectivity index is 1.51. The Morgan fingerprint density at radius 2 is 1.71 bits per heavy atom. The number of aromatic nitrogens is 1. The first kappa shape index (κ1) is 19.5. The first-order chi connectivity index (χ1) is 15.2. The summed E-state index contributed by atoms with van der Waals surface area (Å²) in [6.45, 7) is 0. The summed E-state index contributed by atoms with van der Waals surface area (Å²) in [5.41, 5.74) is 2.26. The van der Waals surface area contributed by atoms with Crippen molar-refractivity contribution in [3.63, 3.8) is 0 Å². The minimum absolute atomic E-state index is 0.273. The number of thiophene rings is 1. The van der Waals surface area contributed by atoms with Gasteiger partial charge in [-0.25, -0.2) is 4.98 Å². The van der Waals surface area contributed by atoms with E-state index in [1.807, 2.05) is 42.5 Å². The van der Waals surface area contributed by atoms with Gasteiger partial charge in [-0.05, 0) is 47.3 Å². The molecule has 0 bridgehead atoms. The maximum Gasteiger partial charge on any atom is 0.258 e. The fourth-order valence-corrected chi connectivity index (χ4v) is 4.44. The molecule has 0 aliphatic rings. The zero-order chi connectivity index (χ0) is 21.2. The molecule has 152 valence electrons. The van der Waals surface area contributed by atoms with Gasteiger partial charge in [0.2, 0.25) is 11.8 Å². The van der Waals surface area contributed by atoms with Crippen molar-refractivity contribution in [1.29, 1.82) is 0 Å². The highest BCUT2D eigenvalue weighted by atomic mass is 35.5. The van der Waals surface area contributed by atoms with Crippen LogP contribution in [0.4, 0.5) is 5.88 Å². The number of carbonyl (C=O) groups is 1. The molecule has 5 aromatic rings. The Bertz CT molecular complexity index is 1320. The molecule has 5 rings (SSSR count). The number of halogens is 1. The lowest BCUT2D eigenvalue weighted by atomic mass is 10.1. The van der Waals surface area contributed by atoms with Crippen LogP contribution < -0.4 is 5.32 Å². The van der Waals surface area contributed by atoms with Gasteiger partial charge < -0.3 is 4.42 Å². The quantitative estimate of drug-likeness (QED) is 0.316. The van der Waals surface area contributed by atoms with E-state index in [0.717, 1.165) is 20.5 Å². The number of anilines is 1. The number of nitrogens with one attached hydrogen (secondary N) is 1. The summed E-state index contributed by atoms with van der Waals surface area (Å²) in [7, 11) is 0. The van der Waals surface area contributed by atoms with E-state index < -0.39 is 0 Å². The molecule has 0 saturated heterocycles. The zero-order valence-electron chi connectivity index (χ0n) is 16.3. The normalized spacial score (nSPS) is 11.0. The fourth-order valence-electron chi connectivity index (χ4n) is 3.33. The highest BCUT2D eigenvalue weighted by Crippen LogP contribution is 2.35. The number of fused-ring (bicyclic) bond motifs is 1. The van der Waals surface area contributed by atoms with E-state index in [-0.39, 0.29) is 5.91 Å². The molecule has 0 atom stereocenters. The lowest BCUT2D eigenvalue weighted by molar-refractivity contribution is 0.102. The van der Waals surface area contributed by atoms with Gasteiger partial charge in [-0.2, -0.15) is 0 Å². The van der Waals surface area contributed by atoms with Crippen LogP contribution in [0, 0.1) is 0 Å². The SMILES string of the molecule is O=C(Nc1oc(-c2cc3ccccc3s2)nc1Cc1ccccc1)c1ccc(Cl)cc1. The predicted octanol–water partition coefficient (Wildman–Crippen LogP) is 7.05. The number of oxazole rings is 1. The zero-order valence-corrected chi connectivity index (χ0v) is 17.9. The Kier molecular flexibility index (Phi) is 5.28. The van der Waals surface area contributed by atoms with Crippen LogP contribution in [0.2, 0.25) is 5.02 Å². The third kappa shape index (κ3) is 4.24. The van der Waals surface area contributed by atoms with Crippen LogP contribution >= 0.6 is 22.9 Å². The molecule has 0 aliphatic carbocycles. The molecule has 0 aliphatic heterocycles.